The van der Waals surface area contributed by atoms with E-state index < -0.39 is 0 Å². The number of allylic oxidation sites excluding steroid dienone is 4. The molecule has 3 rings (SSSR count). The lowest BCUT2D eigenvalue weighted by Gasteiger charge is -2.20. The summed E-state index contributed by atoms with van der Waals surface area (Å²) in [7, 11) is 0. The zero-order valence-corrected chi connectivity index (χ0v) is 10.1. The minimum absolute atomic E-state index is 1.01. The Morgan fingerprint density at radius 2 is 1.27 bits per heavy atom. The first kappa shape index (κ1) is 10.0. The molecule has 2 unspecified atom stereocenters. The topological polar surface area (TPSA) is 0 Å². The highest BCUT2D eigenvalue weighted by atomic mass is 32.2. The van der Waals surface area contributed by atoms with Gasteiger partial charge in [-0.3, -0.25) is 0 Å². The zero-order valence-electron chi connectivity index (χ0n) is 9.27. The molecular weight excluding hydrogens is 200 g/mol. The van der Waals surface area contributed by atoms with Crippen molar-refractivity contribution in [1.82, 2.24) is 0 Å². The number of hydrogen-bond donors (Lipinski definition) is 0. The van der Waals surface area contributed by atoms with E-state index >= 15 is 0 Å². The second kappa shape index (κ2) is 4.37. The third kappa shape index (κ3) is 2.18. The van der Waals surface area contributed by atoms with Gasteiger partial charge in [0.1, 0.15) is 0 Å². The lowest BCUT2D eigenvalue weighted by molar-refractivity contribution is 0.413. The minimum Gasteiger partial charge on any atom is -0.152 e. The molecule has 3 aliphatic rings. The van der Waals surface area contributed by atoms with E-state index in [4.69, 9.17) is 0 Å². The maximum atomic E-state index is 2.41. The Kier molecular flexibility index (Phi) is 2.92. The van der Waals surface area contributed by atoms with Gasteiger partial charge in [0.05, 0.1) is 0 Å². The summed E-state index contributed by atoms with van der Waals surface area (Å²) in [6.45, 7) is 0. The normalized spacial score (nSPS) is 44.3. The molecule has 1 heteroatoms. The molecule has 0 bridgehead atoms. The first-order valence-electron chi connectivity index (χ1n) is 6.40. The monoisotopic (exact) mass is 220 g/mol. The number of rotatable bonds is 2. The summed E-state index contributed by atoms with van der Waals surface area (Å²) in [6, 6.07) is 0. The number of thioether (sulfide) groups is 1. The molecule has 0 aromatic rings. The Bertz CT molecular complexity index is 251. The molecule has 1 fully saturated rings. The molecule has 1 saturated heterocycles. The van der Waals surface area contributed by atoms with Crippen LogP contribution in [0.2, 0.25) is 0 Å². The summed E-state index contributed by atoms with van der Waals surface area (Å²) in [4.78, 5) is 0. The van der Waals surface area contributed by atoms with Crippen molar-refractivity contribution in [3.63, 3.8) is 0 Å². The molecule has 0 amide bonds. The standard InChI is InChI=1S/C14H20S/c1-3-7-11(8-4-1)13-14(15-13)12-9-5-2-6-10-12/h1-3,5,11-14H,4,6-10H2/t11?,12?,13-,14-/m1/s1. The van der Waals surface area contributed by atoms with Crippen LogP contribution in [0, 0.1) is 11.8 Å². The van der Waals surface area contributed by atoms with E-state index in [-0.39, 0.29) is 0 Å². The zero-order chi connectivity index (χ0) is 10.1. The van der Waals surface area contributed by atoms with Crippen molar-refractivity contribution in [2.45, 2.75) is 49.0 Å². The first-order chi connectivity index (χ1) is 7.45. The lowest BCUT2D eigenvalue weighted by atomic mass is 9.84. The molecule has 4 atom stereocenters. The SMILES string of the molecule is C1=CCC([C@H]2S[C@@H]2C2CC=CCC2)CC1. The van der Waals surface area contributed by atoms with Crippen LogP contribution in [0.25, 0.3) is 0 Å². The van der Waals surface area contributed by atoms with Gasteiger partial charge in [-0.1, -0.05) is 24.3 Å². The molecule has 0 aromatic carbocycles. The van der Waals surface area contributed by atoms with Crippen LogP contribution in [-0.4, -0.2) is 10.5 Å². The maximum absolute atomic E-state index is 2.41. The fourth-order valence-electron chi connectivity index (χ4n) is 3.13. The van der Waals surface area contributed by atoms with E-state index in [1.165, 1.54) is 38.5 Å². The summed E-state index contributed by atoms with van der Waals surface area (Å²) in [5.74, 6) is 2.02. The largest absolute Gasteiger partial charge is 0.152 e. The average molecular weight is 220 g/mol. The van der Waals surface area contributed by atoms with Crippen LogP contribution in [0.4, 0.5) is 0 Å². The third-order valence-electron chi connectivity index (χ3n) is 4.11. The van der Waals surface area contributed by atoms with E-state index in [2.05, 4.69) is 36.1 Å². The molecule has 1 aliphatic heterocycles. The predicted molar refractivity (Wildman–Crippen MR) is 68.1 cm³/mol. The first-order valence-corrected chi connectivity index (χ1v) is 7.35. The second-order valence-corrected chi connectivity index (χ2v) is 6.52. The smallest absolute Gasteiger partial charge is 0.0204 e. The molecule has 0 N–H and O–H groups in total. The minimum atomic E-state index is 1.01. The maximum Gasteiger partial charge on any atom is 0.0204 e. The Hall–Kier alpha value is -0.170. The van der Waals surface area contributed by atoms with Crippen LogP contribution < -0.4 is 0 Å². The highest BCUT2D eigenvalue weighted by Crippen LogP contribution is 2.55. The Labute approximate surface area is 97.2 Å². The van der Waals surface area contributed by atoms with Crippen molar-refractivity contribution in [3.8, 4) is 0 Å². The van der Waals surface area contributed by atoms with Crippen LogP contribution >= 0.6 is 11.8 Å². The summed E-state index contributed by atoms with van der Waals surface area (Å²) < 4.78 is 0. The predicted octanol–water partition coefficient (Wildman–Crippen LogP) is 4.18. The molecule has 1 heterocycles. The van der Waals surface area contributed by atoms with Crippen LogP contribution in [0.3, 0.4) is 0 Å². The van der Waals surface area contributed by atoms with Gasteiger partial charge in [-0.15, -0.1) is 0 Å². The summed E-state index contributed by atoms with van der Waals surface area (Å²) in [6.07, 6.45) is 17.8. The van der Waals surface area contributed by atoms with E-state index in [1.807, 2.05) is 0 Å². The van der Waals surface area contributed by atoms with Gasteiger partial charge in [-0.05, 0) is 50.4 Å². The van der Waals surface area contributed by atoms with Gasteiger partial charge >= 0.3 is 0 Å². The highest BCUT2D eigenvalue weighted by molar-refractivity contribution is 8.07. The molecule has 0 radical (unpaired) electrons. The fourth-order valence-corrected chi connectivity index (χ4v) is 4.78. The van der Waals surface area contributed by atoms with Gasteiger partial charge in [0, 0.05) is 10.5 Å². The Morgan fingerprint density at radius 1 is 0.733 bits per heavy atom. The van der Waals surface area contributed by atoms with Crippen LogP contribution in [0.5, 0.6) is 0 Å². The van der Waals surface area contributed by atoms with Gasteiger partial charge in [0.25, 0.3) is 0 Å². The van der Waals surface area contributed by atoms with Gasteiger partial charge in [-0.25, -0.2) is 0 Å². The van der Waals surface area contributed by atoms with Crippen molar-refractivity contribution in [2.75, 3.05) is 0 Å². The van der Waals surface area contributed by atoms with Crippen LogP contribution in [0.15, 0.2) is 24.3 Å². The molecule has 0 aromatic heterocycles. The van der Waals surface area contributed by atoms with Gasteiger partial charge in [0.15, 0.2) is 0 Å². The Morgan fingerprint density at radius 3 is 1.67 bits per heavy atom. The van der Waals surface area contributed by atoms with Crippen LogP contribution in [-0.2, 0) is 0 Å². The molecule has 2 aliphatic carbocycles. The molecule has 0 saturated carbocycles. The van der Waals surface area contributed by atoms with Crippen molar-refractivity contribution < 1.29 is 0 Å². The molecule has 15 heavy (non-hydrogen) atoms. The van der Waals surface area contributed by atoms with E-state index in [0.717, 1.165) is 22.3 Å². The van der Waals surface area contributed by atoms with Crippen LogP contribution in [0.1, 0.15) is 38.5 Å². The molecule has 82 valence electrons. The van der Waals surface area contributed by atoms with Gasteiger partial charge in [0.2, 0.25) is 0 Å². The highest BCUT2D eigenvalue weighted by Gasteiger charge is 2.47. The summed E-state index contributed by atoms with van der Waals surface area (Å²) in [5.41, 5.74) is 0. The van der Waals surface area contributed by atoms with Crippen molar-refractivity contribution in [2.24, 2.45) is 11.8 Å². The van der Waals surface area contributed by atoms with E-state index in [1.54, 1.807) is 0 Å². The van der Waals surface area contributed by atoms with Crippen molar-refractivity contribution in [3.05, 3.63) is 24.3 Å². The quantitative estimate of drug-likeness (QED) is 0.497. The average Bonchev–Trinajstić information content (AvgIpc) is 3.11. The summed E-state index contributed by atoms with van der Waals surface area (Å²) in [5, 5.41) is 2.04. The van der Waals surface area contributed by atoms with E-state index in [0.29, 0.717) is 0 Å². The lowest BCUT2D eigenvalue weighted by Crippen LogP contribution is -2.18. The van der Waals surface area contributed by atoms with Gasteiger partial charge in [-0.2, -0.15) is 11.8 Å². The number of hydrogen-bond acceptors (Lipinski definition) is 1. The van der Waals surface area contributed by atoms with E-state index in [9.17, 15) is 0 Å². The molecular formula is C14H20S. The Balaban J connectivity index is 1.54. The third-order valence-corrected chi connectivity index (χ3v) is 5.78. The summed E-state index contributed by atoms with van der Waals surface area (Å²) >= 11 is 2.28. The van der Waals surface area contributed by atoms with Crippen molar-refractivity contribution >= 4 is 11.8 Å². The van der Waals surface area contributed by atoms with Gasteiger partial charge < -0.3 is 0 Å². The fraction of sp³-hybridized carbons (Fsp3) is 0.714. The van der Waals surface area contributed by atoms with Crippen molar-refractivity contribution in [1.29, 1.82) is 0 Å². The second-order valence-electron chi connectivity index (χ2n) is 5.15. The molecule has 0 spiro atoms. The molecule has 0 nitrogen and oxygen atoms in total.